The maximum atomic E-state index is 13.9. The number of ether oxygens (including phenoxy) is 2. The molecule has 0 radical (unpaired) electrons. The summed E-state index contributed by atoms with van der Waals surface area (Å²) in [7, 11) is 0. The first-order chi connectivity index (χ1) is 13.6. The summed E-state index contributed by atoms with van der Waals surface area (Å²) in [6.45, 7) is -0.221. The molecule has 28 heavy (non-hydrogen) atoms. The minimum absolute atomic E-state index is 0.461. The fourth-order valence-electron chi connectivity index (χ4n) is 2.81. The van der Waals surface area contributed by atoms with Gasteiger partial charge in [0.15, 0.2) is 11.6 Å². The van der Waals surface area contributed by atoms with Crippen LogP contribution in [-0.4, -0.2) is 13.2 Å². The van der Waals surface area contributed by atoms with Crippen LogP contribution >= 0.6 is 0 Å². The largest absolute Gasteiger partial charge is 0.494 e. The molecule has 3 aromatic rings. The van der Waals surface area contributed by atoms with Crippen LogP contribution in [-0.2, 0) is 0 Å². The Balaban J connectivity index is 1.72. The van der Waals surface area contributed by atoms with Crippen LogP contribution in [0.1, 0.15) is 19.8 Å². The molecule has 0 unspecified atom stereocenters. The summed E-state index contributed by atoms with van der Waals surface area (Å²) in [5.41, 5.74) is 3.43. The zero-order valence-electron chi connectivity index (χ0n) is 15.5. The van der Waals surface area contributed by atoms with E-state index in [1.54, 1.807) is 6.07 Å². The van der Waals surface area contributed by atoms with E-state index < -0.39 is 18.2 Å². The van der Waals surface area contributed by atoms with E-state index in [0.717, 1.165) is 35.3 Å². The summed E-state index contributed by atoms with van der Waals surface area (Å²) in [4.78, 5) is 0. The van der Waals surface area contributed by atoms with E-state index in [0.29, 0.717) is 12.2 Å². The molecule has 0 aliphatic rings. The van der Waals surface area contributed by atoms with Gasteiger partial charge in [-0.1, -0.05) is 55.8 Å². The van der Waals surface area contributed by atoms with Gasteiger partial charge in [0.2, 0.25) is 0 Å². The van der Waals surface area contributed by atoms with Gasteiger partial charge in [0.1, 0.15) is 5.75 Å². The highest BCUT2D eigenvalue weighted by Gasteiger charge is 2.11. The van der Waals surface area contributed by atoms with Gasteiger partial charge in [-0.15, -0.1) is 0 Å². The molecule has 0 aromatic heterocycles. The SMILES string of the molecule is CCCCOc1ccc(-c2ccc(-c3ccc(OC(F)F)c(F)c3)cc2)cc1. The third-order valence-electron chi connectivity index (χ3n) is 4.32. The molecule has 0 spiro atoms. The highest BCUT2D eigenvalue weighted by molar-refractivity contribution is 5.71. The van der Waals surface area contributed by atoms with Crippen molar-refractivity contribution < 1.29 is 22.6 Å². The van der Waals surface area contributed by atoms with Crippen LogP contribution in [0.3, 0.4) is 0 Å². The Kier molecular flexibility index (Phi) is 6.58. The Bertz CT molecular complexity index is 891. The Labute approximate surface area is 162 Å². The van der Waals surface area contributed by atoms with Crippen molar-refractivity contribution in [1.82, 2.24) is 0 Å². The van der Waals surface area contributed by atoms with Crippen molar-refractivity contribution in [1.29, 1.82) is 0 Å². The van der Waals surface area contributed by atoms with Crippen molar-refractivity contribution >= 4 is 0 Å². The smallest absolute Gasteiger partial charge is 0.387 e. The summed E-state index contributed by atoms with van der Waals surface area (Å²) in [6, 6.07) is 19.4. The fraction of sp³-hybridized carbons (Fsp3) is 0.217. The Morgan fingerprint density at radius 2 is 1.32 bits per heavy atom. The lowest BCUT2D eigenvalue weighted by Gasteiger charge is -2.09. The van der Waals surface area contributed by atoms with E-state index in [4.69, 9.17) is 4.74 Å². The number of alkyl halides is 2. The number of hydrogen-bond donors (Lipinski definition) is 0. The molecule has 0 saturated carbocycles. The predicted octanol–water partition coefficient (Wildman–Crippen LogP) is 6.94. The molecule has 3 rings (SSSR count). The van der Waals surface area contributed by atoms with Crippen LogP contribution in [0.15, 0.2) is 66.7 Å². The van der Waals surface area contributed by atoms with E-state index in [-0.39, 0.29) is 0 Å². The normalized spacial score (nSPS) is 10.9. The molecule has 2 nitrogen and oxygen atoms in total. The van der Waals surface area contributed by atoms with Crippen LogP contribution in [0.2, 0.25) is 0 Å². The average molecular weight is 386 g/mol. The van der Waals surface area contributed by atoms with Crippen molar-refractivity contribution in [2.24, 2.45) is 0 Å². The molecule has 0 N–H and O–H groups in total. The molecule has 3 aromatic carbocycles. The van der Waals surface area contributed by atoms with Gasteiger partial charge in [0.25, 0.3) is 0 Å². The number of halogens is 3. The van der Waals surface area contributed by atoms with Crippen LogP contribution in [0.5, 0.6) is 11.5 Å². The van der Waals surface area contributed by atoms with Crippen LogP contribution in [0, 0.1) is 5.82 Å². The molecule has 0 aliphatic heterocycles. The quantitative estimate of drug-likeness (QED) is 0.390. The zero-order chi connectivity index (χ0) is 19.9. The van der Waals surface area contributed by atoms with E-state index in [9.17, 15) is 13.2 Å². The van der Waals surface area contributed by atoms with E-state index in [2.05, 4.69) is 11.7 Å². The number of rotatable bonds is 8. The lowest BCUT2D eigenvalue weighted by atomic mass is 10.00. The zero-order valence-corrected chi connectivity index (χ0v) is 15.5. The minimum Gasteiger partial charge on any atom is -0.494 e. The monoisotopic (exact) mass is 386 g/mol. The summed E-state index contributed by atoms with van der Waals surface area (Å²) in [5, 5.41) is 0. The fourth-order valence-corrected chi connectivity index (χ4v) is 2.81. The molecule has 0 saturated heterocycles. The summed E-state index contributed by atoms with van der Waals surface area (Å²) in [6.07, 6.45) is 2.12. The molecule has 0 atom stereocenters. The first-order valence-electron chi connectivity index (χ1n) is 9.15. The van der Waals surface area contributed by atoms with Crippen LogP contribution in [0.4, 0.5) is 13.2 Å². The van der Waals surface area contributed by atoms with Crippen molar-refractivity contribution in [3.05, 3.63) is 72.5 Å². The standard InChI is InChI=1S/C23H21F3O2/c1-2-3-14-27-20-11-8-17(9-12-20)16-4-6-18(7-5-16)19-10-13-22(21(24)15-19)28-23(25)26/h4-13,15,23H,2-3,14H2,1H3. The number of benzene rings is 3. The molecule has 0 heterocycles. The summed E-state index contributed by atoms with van der Waals surface area (Å²) in [5.74, 6) is -0.437. The molecular formula is C23H21F3O2. The number of unbranched alkanes of at least 4 members (excludes halogenated alkanes) is 1. The second-order valence-corrected chi connectivity index (χ2v) is 6.33. The van der Waals surface area contributed by atoms with Crippen molar-refractivity contribution in [3.8, 4) is 33.8 Å². The average Bonchev–Trinajstić information content (AvgIpc) is 2.70. The third kappa shape index (κ3) is 5.06. The molecular weight excluding hydrogens is 365 g/mol. The number of hydrogen-bond acceptors (Lipinski definition) is 2. The van der Waals surface area contributed by atoms with E-state index in [1.807, 2.05) is 48.5 Å². The van der Waals surface area contributed by atoms with Crippen LogP contribution < -0.4 is 9.47 Å². The molecule has 146 valence electrons. The lowest BCUT2D eigenvalue weighted by molar-refractivity contribution is -0.0521. The highest BCUT2D eigenvalue weighted by Crippen LogP contribution is 2.29. The molecule has 0 amide bonds. The second-order valence-electron chi connectivity index (χ2n) is 6.33. The van der Waals surface area contributed by atoms with Gasteiger partial charge in [-0.05, 0) is 52.9 Å². The van der Waals surface area contributed by atoms with Gasteiger partial charge in [-0.3, -0.25) is 0 Å². The molecule has 0 fully saturated rings. The van der Waals surface area contributed by atoms with E-state index in [1.165, 1.54) is 12.1 Å². The maximum absolute atomic E-state index is 13.9. The topological polar surface area (TPSA) is 18.5 Å². The van der Waals surface area contributed by atoms with Gasteiger partial charge in [-0.25, -0.2) is 4.39 Å². The van der Waals surface area contributed by atoms with Gasteiger partial charge in [0, 0.05) is 0 Å². The van der Waals surface area contributed by atoms with Crippen molar-refractivity contribution in [2.75, 3.05) is 6.61 Å². The van der Waals surface area contributed by atoms with Gasteiger partial charge in [-0.2, -0.15) is 8.78 Å². The first kappa shape index (κ1) is 19.8. The highest BCUT2D eigenvalue weighted by atomic mass is 19.3. The first-order valence-corrected chi connectivity index (χ1v) is 9.15. The predicted molar refractivity (Wildman–Crippen MR) is 104 cm³/mol. The van der Waals surface area contributed by atoms with Gasteiger partial charge >= 0.3 is 6.61 Å². The van der Waals surface area contributed by atoms with Gasteiger partial charge < -0.3 is 9.47 Å². The Hall–Kier alpha value is -2.95. The van der Waals surface area contributed by atoms with Crippen molar-refractivity contribution in [2.45, 2.75) is 26.4 Å². The van der Waals surface area contributed by atoms with E-state index >= 15 is 0 Å². The van der Waals surface area contributed by atoms with Gasteiger partial charge in [0.05, 0.1) is 6.61 Å². The summed E-state index contributed by atoms with van der Waals surface area (Å²) < 4.78 is 48.2. The molecule has 0 bridgehead atoms. The Morgan fingerprint density at radius 1 is 0.786 bits per heavy atom. The third-order valence-corrected chi connectivity index (χ3v) is 4.32. The summed E-state index contributed by atoms with van der Waals surface area (Å²) >= 11 is 0. The molecule has 5 heteroatoms. The second kappa shape index (κ2) is 9.31. The van der Waals surface area contributed by atoms with Crippen LogP contribution in [0.25, 0.3) is 22.3 Å². The lowest BCUT2D eigenvalue weighted by Crippen LogP contribution is -2.03. The molecule has 0 aliphatic carbocycles. The Morgan fingerprint density at radius 3 is 1.86 bits per heavy atom. The van der Waals surface area contributed by atoms with Crippen molar-refractivity contribution in [3.63, 3.8) is 0 Å². The minimum atomic E-state index is -3.05. The maximum Gasteiger partial charge on any atom is 0.387 e.